The van der Waals surface area contributed by atoms with E-state index in [1.54, 1.807) is 12.1 Å². The van der Waals surface area contributed by atoms with Crippen molar-refractivity contribution in [2.24, 2.45) is 0 Å². The number of allylic oxidation sites excluding steroid dienone is 1. The van der Waals surface area contributed by atoms with E-state index in [4.69, 9.17) is 0 Å². The number of aliphatic hydroxyl groups excluding tert-OH is 1. The van der Waals surface area contributed by atoms with Crippen molar-refractivity contribution in [2.45, 2.75) is 31.8 Å². The minimum Gasteiger partial charge on any atom is -0.384 e. The summed E-state index contributed by atoms with van der Waals surface area (Å²) in [4.78, 5) is 12.4. The van der Waals surface area contributed by atoms with Gasteiger partial charge in [-0.1, -0.05) is 48.5 Å². The molecule has 2 aromatic carbocycles. The fourth-order valence-corrected chi connectivity index (χ4v) is 3.01. The quantitative estimate of drug-likeness (QED) is 0.897. The molecule has 0 saturated carbocycles. The predicted octanol–water partition coefficient (Wildman–Crippen LogP) is 3.98. The van der Waals surface area contributed by atoms with Crippen LogP contribution in [0.15, 0.2) is 71.9 Å². The maximum Gasteiger partial charge on any atom is 0.255 e. The third-order valence-corrected chi connectivity index (χ3v) is 4.26. The van der Waals surface area contributed by atoms with Crippen LogP contribution in [0.25, 0.3) is 0 Å². The summed E-state index contributed by atoms with van der Waals surface area (Å²) < 4.78 is 0. The van der Waals surface area contributed by atoms with E-state index in [0.717, 1.165) is 42.5 Å². The topological polar surface area (TPSA) is 49.3 Å². The van der Waals surface area contributed by atoms with Crippen LogP contribution >= 0.6 is 0 Å². The SMILES string of the molecule is O=C(NC1=C(C(O)c2ccccc2)CCCC1)c1ccccc1. The molecule has 118 valence electrons. The Hall–Kier alpha value is -2.39. The molecule has 0 bridgehead atoms. The molecule has 1 aliphatic carbocycles. The Balaban J connectivity index is 1.84. The van der Waals surface area contributed by atoms with Crippen LogP contribution in [-0.2, 0) is 0 Å². The standard InChI is InChI=1S/C20H21NO2/c22-19(15-9-3-1-4-10-15)17-13-7-8-14-18(17)21-20(23)16-11-5-2-6-12-16/h1-6,9-12,19,22H,7-8,13-14H2,(H,21,23). The first-order chi connectivity index (χ1) is 11.3. The summed E-state index contributed by atoms with van der Waals surface area (Å²) in [6.45, 7) is 0. The zero-order valence-corrected chi connectivity index (χ0v) is 13.0. The van der Waals surface area contributed by atoms with Crippen LogP contribution in [0.1, 0.15) is 47.7 Å². The lowest BCUT2D eigenvalue weighted by Crippen LogP contribution is -2.26. The van der Waals surface area contributed by atoms with Crippen molar-refractivity contribution in [1.29, 1.82) is 0 Å². The molecule has 0 radical (unpaired) electrons. The van der Waals surface area contributed by atoms with Gasteiger partial charge >= 0.3 is 0 Å². The summed E-state index contributed by atoms with van der Waals surface area (Å²) in [6.07, 6.45) is 3.06. The molecular formula is C20H21NO2. The second-order valence-corrected chi connectivity index (χ2v) is 5.84. The van der Waals surface area contributed by atoms with Crippen molar-refractivity contribution in [3.8, 4) is 0 Å². The Morgan fingerprint density at radius 1 is 0.913 bits per heavy atom. The molecule has 2 N–H and O–H groups in total. The van der Waals surface area contributed by atoms with E-state index in [0.29, 0.717) is 5.56 Å². The van der Waals surface area contributed by atoms with E-state index in [1.807, 2.05) is 48.5 Å². The highest BCUT2D eigenvalue weighted by Crippen LogP contribution is 2.33. The van der Waals surface area contributed by atoms with Gasteiger partial charge in [-0.05, 0) is 49.0 Å². The van der Waals surface area contributed by atoms with Crippen LogP contribution in [0.3, 0.4) is 0 Å². The third-order valence-electron chi connectivity index (χ3n) is 4.26. The van der Waals surface area contributed by atoms with Crippen molar-refractivity contribution in [3.05, 3.63) is 83.1 Å². The van der Waals surface area contributed by atoms with Crippen LogP contribution < -0.4 is 5.32 Å². The molecule has 1 amide bonds. The number of hydrogen-bond donors (Lipinski definition) is 2. The average Bonchev–Trinajstić information content (AvgIpc) is 2.63. The van der Waals surface area contributed by atoms with E-state index in [-0.39, 0.29) is 5.91 Å². The summed E-state index contributed by atoms with van der Waals surface area (Å²) in [5, 5.41) is 13.7. The lowest BCUT2D eigenvalue weighted by Gasteiger charge is -2.25. The molecule has 1 unspecified atom stereocenters. The summed E-state index contributed by atoms with van der Waals surface area (Å²) in [5.74, 6) is -0.111. The third kappa shape index (κ3) is 3.69. The molecule has 0 heterocycles. The molecule has 0 fully saturated rings. The zero-order chi connectivity index (χ0) is 16.1. The van der Waals surface area contributed by atoms with Gasteiger partial charge in [-0.15, -0.1) is 0 Å². The van der Waals surface area contributed by atoms with Crippen LogP contribution in [0, 0.1) is 0 Å². The normalized spacial score (nSPS) is 16.0. The number of carbonyl (C=O) groups is 1. The van der Waals surface area contributed by atoms with Gasteiger partial charge < -0.3 is 10.4 Å². The van der Waals surface area contributed by atoms with Crippen molar-refractivity contribution in [1.82, 2.24) is 5.32 Å². The second kappa shape index (κ2) is 7.25. The number of amides is 1. The highest BCUT2D eigenvalue weighted by molar-refractivity contribution is 5.95. The maximum absolute atomic E-state index is 12.4. The van der Waals surface area contributed by atoms with Gasteiger partial charge in [-0.25, -0.2) is 0 Å². The number of benzene rings is 2. The molecule has 0 spiro atoms. The van der Waals surface area contributed by atoms with Gasteiger partial charge in [0.25, 0.3) is 5.91 Å². The van der Waals surface area contributed by atoms with E-state index in [2.05, 4.69) is 5.32 Å². The minimum absolute atomic E-state index is 0.111. The van der Waals surface area contributed by atoms with Crippen molar-refractivity contribution in [2.75, 3.05) is 0 Å². The van der Waals surface area contributed by atoms with Gasteiger partial charge in [0.2, 0.25) is 0 Å². The number of rotatable bonds is 4. The molecular weight excluding hydrogens is 286 g/mol. The first-order valence-corrected chi connectivity index (χ1v) is 8.07. The first kappa shape index (κ1) is 15.5. The van der Waals surface area contributed by atoms with Crippen molar-refractivity contribution >= 4 is 5.91 Å². The van der Waals surface area contributed by atoms with Gasteiger partial charge in [0, 0.05) is 11.3 Å². The van der Waals surface area contributed by atoms with Gasteiger partial charge in [-0.3, -0.25) is 4.79 Å². The van der Waals surface area contributed by atoms with E-state index >= 15 is 0 Å². The monoisotopic (exact) mass is 307 g/mol. The van der Waals surface area contributed by atoms with Gasteiger partial charge in [0.05, 0.1) is 0 Å². The highest BCUT2D eigenvalue weighted by Gasteiger charge is 2.22. The van der Waals surface area contributed by atoms with E-state index in [9.17, 15) is 9.90 Å². The summed E-state index contributed by atoms with van der Waals surface area (Å²) in [7, 11) is 0. The molecule has 2 aromatic rings. The Kier molecular flexibility index (Phi) is 4.89. The summed E-state index contributed by atoms with van der Waals surface area (Å²) in [6, 6.07) is 18.8. The molecule has 3 nitrogen and oxygen atoms in total. The van der Waals surface area contributed by atoms with Crippen LogP contribution in [0.2, 0.25) is 0 Å². The van der Waals surface area contributed by atoms with E-state index < -0.39 is 6.10 Å². The smallest absolute Gasteiger partial charge is 0.255 e. The second-order valence-electron chi connectivity index (χ2n) is 5.84. The molecule has 0 saturated heterocycles. The van der Waals surface area contributed by atoms with Gasteiger partial charge in [0.1, 0.15) is 6.10 Å². The molecule has 0 aliphatic heterocycles. The maximum atomic E-state index is 12.4. The van der Waals surface area contributed by atoms with Gasteiger partial charge in [0.15, 0.2) is 0 Å². The lowest BCUT2D eigenvalue weighted by molar-refractivity contribution is 0.0961. The van der Waals surface area contributed by atoms with Crippen LogP contribution in [-0.4, -0.2) is 11.0 Å². The molecule has 1 atom stereocenters. The molecule has 23 heavy (non-hydrogen) atoms. The zero-order valence-electron chi connectivity index (χ0n) is 13.0. The average molecular weight is 307 g/mol. The van der Waals surface area contributed by atoms with Crippen LogP contribution in [0.4, 0.5) is 0 Å². The fourth-order valence-electron chi connectivity index (χ4n) is 3.01. The van der Waals surface area contributed by atoms with Crippen LogP contribution in [0.5, 0.6) is 0 Å². The number of carbonyl (C=O) groups excluding carboxylic acids is 1. The Morgan fingerprint density at radius 3 is 2.22 bits per heavy atom. The predicted molar refractivity (Wildman–Crippen MR) is 90.8 cm³/mol. The molecule has 0 aromatic heterocycles. The number of nitrogens with one attached hydrogen (secondary N) is 1. The first-order valence-electron chi connectivity index (χ1n) is 8.07. The summed E-state index contributed by atoms with van der Waals surface area (Å²) >= 11 is 0. The largest absolute Gasteiger partial charge is 0.384 e. The molecule has 1 aliphatic rings. The summed E-state index contributed by atoms with van der Waals surface area (Å²) in [5.41, 5.74) is 3.32. The highest BCUT2D eigenvalue weighted by atomic mass is 16.3. The lowest BCUT2D eigenvalue weighted by atomic mass is 9.89. The Bertz CT molecular complexity index is 692. The van der Waals surface area contributed by atoms with Crippen molar-refractivity contribution in [3.63, 3.8) is 0 Å². The number of hydrogen-bond acceptors (Lipinski definition) is 2. The molecule has 3 heteroatoms. The van der Waals surface area contributed by atoms with E-state index in [1.165, 1.54) is 0 Å². The minimum atomic E-state index is -0.650. The van der Waals surface area contributed by atoms with Gasteiger partial charge in [-0.2, -0.15) is 0 Å². The Morgan fingerprint density at radius 2 is 1.52 bits per heavy atom. The number of aliphatic hydroxyl groups is 1. The fraction of sp³-hybridized carbons (Fsp3) is 0.250. The van der Waals surface area contributed by atoms with Crippen molar-refractivity contribution < 1.29 is 9.90 Å². The molecule has 3 rings (SSSR count). The Labute approximate surface area is 136 Å².